The molecule has 0 saturated heterocycles. The zero-order valence-electron chi connectivity index (χ0n) is 7.09. The van der Waals surface area contributed by atoms with Gasteiger partial charge in [0.1, 0.15) is 5.82 Å². The van der Waals surface area contributed by atoms with Crippen molar-refractivity contribution in [2.75, 3.05) is 0 Å². The van der Waals surface area contributed by atoms with Crippen molar-refractivity contribution in [3.63, 3.8) is 0 Å². The first-order valence-corrected chi connectivity index (χ1v) is 3.89. The van der Waals surface area contributed by atoms with Gasteiger partial charge in [-0.3, -0.25) is 4.79 Å². The molecule has 1 aromatic carbocycles. The molecule has 1 rings (SSSR count). The lowest BCUT2D eigenvalue weighted by Gasteiger charge is -2.02. The number of primary amides is 1. The van der Waals surface area contributed by atoms with E-state index >= 15 is 0 Å². The Hall–Kier alpha value is -1.42. The molecule has 0 aliphatic carbocycles. The molecule has 1 aromatic rings. The van der Waals surface area contributed by atoms with E-state index in [1.165, 1.54) is 6.07 Å². The Morgan fingerprint density at radius 2 is 2.15 bits per heavy atom. The van der Waals surface area contributed by atoms with Crippen LogP contribution in [0.25, 0.3) is 0 Å². The van der Waals surface area contributed by atoms with Gasteiger partial charge in [0.25, 0.3) is 0 Å². The average molecular weight is 182 g/mol. The lowest BCUT2D eigenvalue weighted by molar-refractivity contribution is -0.117. The van der Waals surface area contributed by atoms with E-state index < -0.39 is 5.91 Å². The number of amides is 1. The van der Waals surface area contributed by atoms with E-state index in [0.717, 1.165) is 0 Å². The van der Waals surface area contributed by atoms with E-state index in [9.17, 15) is 9.18 Å². The second-order valence-corrected chi connectivity index (χ2v) is 2.77. The van der Waals surface area contributed by atoms with Gasteiger partial charge >= 0.3 is 0 Å². The molecule has 1 amide bonds. The molecule has 4 heteroatoms. The lowest BCUT2D eigenvalue weighted by Crippen LogP contribution is -2.14. The Labute approximate surface area is 75.5 Å². The molecule has 0 spiro atoms. The van der Waals surface area contributed by atoms with Crippen LogP contribution in [0, 0.1) is 5.82 Å². The standard InChI is InChI=1S/C9H11FN2O/c10-8-3-6(4-9(12)13)1-2-7(8)5-11/h1-3H,4-5,11H2,(H2,12,13). The van der Waals surface area contributed by atoms with E-state index in [1.807, 2.05) is 0 Å². The molecule has 0 bridgehead atoms. The van der Waals surface area contributed by atoms with Crippen LogP contribution in [0.2, 0.25) is 0 Å². The van der Waals surface area contributed by atoms with Gasteiger partial charge in [-0.15, -0.1) is 0 Å². The number of carbonyl (C=O) groups is 1. The third kappa shape index (κ3) is 2.52. The summed E-state index contributed by atoms with van der Waals surface area (Å²) in [7, 11) is 0. The molecule has 0 radical (unpaired) electrons. The largest absolute Gasteiger partial charge is 0.369 e. The van der Waals surface area contributed by atoms with Gasteiger partial charge < -0.3 is 11.5 Å². The number of nitrogens with two attached hydrogens (primary N) is 2. The van der Waals surface area contributed by atoms with E-state index in [2.05, 4.69) is 0 Å². The molecule has 70 valence electrons. The Balaban J connectivity index is 2.89. The smallest absolute Gasteiger partial charge is 0.221 e. The summed E-state index contributed by atoms with van der Waals surface area (Å²) in [6.45, 7) is 0.155. The summed E-state index contributed by atoms with van der Waals surface area (Å²) in [6.07, 6.45) is 0.0573. The molecule has 4 N–H and O–H groups in total. The fraction of sp³-hybridized carbons (Fsp3) is 0.222. The minimum absolute atomic E-state index is 0.0573. The van der Waals surface area contributed by atoms with Crippen molar-refractivity contribution in [1.29, 1.82) is 0 Å². The maximum Gasteiger partial charge on any atom is 0.221 e. The summed E-state index contributed by atoms with van der Waals surface area (Å²) in [6, 6.07) is 4.50. The van der Waals surface area contributed by atoms with Gasteiger partial charge in [-0.25, -0.2) is 4.39 Å². The van der Waals surface area contributed by atoms with Gasteiger partial charge in [0.15, 0.2) is 0 Å². The Kier molecular flexibility index (Phi) is 2.97. The van der Waals surface area contributed by atoms with E-state index in [4.69, 9.17) is 11.5 Å². The van der Waals surface area contributed by atoms with Crippen molar-refractivity contribution in [3.05, 3.63) is 35.1 Å². The van der Waals surface area contributed by atoms with Crippen molar-refractivity contribution in [1.82, 2.24) is 0 Å². The SMILES string of the molecule is NCc1ccc(CC(N)=O)cc1F. The highest BCUT2D eigenvalue weighted by Gasteiger charge is 2.03. The normalized spacial score (nSPS) is 10.0. The summed E-state index contributed by atoms with van der Waals surface area (Å²) in [4.78, 5) is 10.5. The number of halogens is 1. The second kappa shape index (κ2) is 4.00. The molecule has 0 aliphatic rings. The molecule has 0 atom stereocenters. The summed E-state index contributed by atoms with van der Waals surface area (Å²) in [5.74, 6) is -0.860. The zero-order chi connectivity index (χ0) is 9.84. The zero-order valence-corrected chi connectivity index (χ0v) is 7.09. The molecule has 0 heterocycles. The predicted octanol–water partition coefficient (Wildman–Crippen LogP) is 0.312. The van der Waals surface area contributed by atoms with Crippen molar-refractivity contribution in [3.8, 4) is 0 Å². The van der Waals surface area contributed by atoms with Crippen molar-refractivity contribution in [2.24, 2.45) is 11.5 Å². The second-order valence-electron chi connectivity index (χ2n) is 2.77. The van der Waals surface area contributed by atoms with Crippen LogP contribution in [0.5, 0.6) is 0 Å². The number of hydrogen-bond acceptors (Lipinski definition) is 2. The Morgan fingerprint density at radius 1 is 1.46 bits per heavy atom. The summed E-state index contributed by atoms with van der Waals surface area (Å²) in [5.41, 5.74) is 11.2. The van der Waals surface area contributed by atoms with Crippen LogP contribution in [-0.4, -0.2) is 5.91 Å². The number of benzene rings is 1. The van der Waals surface area contributed by atoms with Crippen molar-refractivity contribution >= 4 is 5.91 Å². The topological polar surface area (TPSA) is 69.1 Å². The van der Waals surface area contributed by atoms with Crippen LogP contribution >= 0.6 is 0 Å². The summed E-state index contributed by atoms with van der Waals surface area (Å²) in [5, 5.41) is 0. The maximum absolute atomic E-state index is 13.1. The number of hydrogen-bond donors (Lipinski definition) is 2. The minimum Gasteiger partial charge on any atom is -0.369 e. The van der Waals surface area contributed by atoms with Gasteiger partial charge in [0.05, 0.1) is 6.42 Å². The van der Waals surface area contributed by atoms with E-state index in [1.54, 1.807) is 12.1 Å². The number of rotatable bonds is 3. The van der Waals surface area contributed by atoms with E-state index in [-0.39, 0.29) is 18.8 Å². The van der Waals surface area contributed by atoms with Gasteiger partial charge in [-0.1, -0.05) is 12.1 Å². The van der Waals surface area contributed by atoms with Crippen LogP contribution in [-0.2, 0) is 17.8 Å². The fourth-order valence-electron chi connectivity index (χ4n) is 1.07. The first-order valence-electron chi connectivity index (χ1n) is 3.89. The van der Waals surface area contributed by atoms with Crippen LogP contribution in [0.3, 0.4) is 0 Å². The first kappa shape index (κ1) is 9.67. The van der Waals surface area contributed by atoms with Gasteiger partial charge in [-0.05, 0) is 11.6 Å². The molecular formula is C9H11FN2O. The van der Waals surface area contributed by atoms with Crippen LogP contribution < -0.4 is 11.5 Å². The quantitative estimate of drug-likeness (QED) is 0.706. The molecule has 0 aliphatic heterocycles. The van der Waals surface area contributed by atoms with Crippen LogP contribution in [0.15, 0.2) is 18.2 Å². The predicted molar refractivity (Wildman–Crippen MR) is 47.2 cm³/mol. The molecule has 13 heavy (non-hydrogen) atoms. The van der Waals surface area contributed by atoms with E-state index in [0.29, 0.717) is 11.1 Å². The molecule has 0 aromatic heterocycles. The van der Waals surface area contributed by atoms with Gasteiger partial charge in [-0.2, -0.15) is 0 Å². The Bertz CT molecular complexity index is 325. The Morgan fingerprint density at radius 3 is 2.62 bits per heavy atom. The van der Waals surface area contributed by atoms with Gasteiger partial charge in [0.2, 0.25) is 5.91 Å². The molecule has 0 saturated carbocycles. The third-order valence-electron chi connectivity index (χ3n) is 1.72. The highest BCUT2D eigenvalue weighted by Crippen LogP contribution is 2.10. The highest BCUT2D eigenvalue weighted by molar-refractivity contribution is 5.76. The van der Waals surface area contributed by atoms with Crippen molar-refractivity contribution in [2.45, 2.75) is 13.0 Å². The summed E-state index contributed by atoms with van der Waals surface area (Å²) >= 11 is 0. The average Bonchev–Trinajstić information content (AvgIpc) is 2.03. The van der Waals surface area contributed by atoms with Crippen molar-refractivity contribution < 1.29 is 9.18 Å². The molecule has 0 unspecified atom stereocenters. The molecule has 3 nitrogen and oxygen atoms in total. The third-order valence-corrected chi connectivity index (χ3v) is 1.72. The summed E-state index contributed by atoms with van der Waals surface area (Å²) < 4.78 is 13.1. The van der Waals surface area contributed by atoms with Gasteiger partial charge in [0, 0.05) is 12.1 Å². The maximum atomic E-state index is 13.1. The van der Waals surface area contributed by atoms with Crippen LogP contribution in [0.1, 0.15) is 11.1 Å². The monoisotopic (exact) mass is 182 g/mol. The lowest BCUT2D eigenvalue weighted by atomic mass is 10.1. The fourth-order valence-corrected chi connectivity index (χ4v) is 1.07. The molecular weight excluding hydrogens is 171 g/mol. The number of carbonyl (C=O) groups excluding carboxylic acids is 1. The van der Waals surface area contributed by atoms with Crippen LogP contribution in [0.4, 0.5) is 4.39 Å². The minimum atomic E-state index is -0.472. The molecule has 0 fully saturated rings. The highest BCUT2D eigenvalue weighted by atomic mass is 19.1. The first-order chi connectivity index (χ1) is 6.13.